The lowest BCUT2D eigenvalue weighted by molar-refractivity contribution is 0.0949. The summed E-state index contributed by atoms with van der Waals surface area (Å²) < 4.78 is 0. The topological polar surface area (TPSA) is 48.5 Å². The molecule has 5 nitrogen and oxygen atoms in total. The van der Waals surface area contributed by atoms with Gasteiger partial charge in [-0.3, -0.25) is 9.78 Å². The Kier molecular flexibility index (Phi) is 4.50. The first-order valence-corrected chi connectivity index (χ1v) is 6.65. The predicted octanol–water partition coefficient (Wildman–Crippen LogP) is 0.361. The zero-order valence-electron chi connectivity index (χ0n) is 11.9. The highest BCUT2D eigenvalue weighted by Crippen LogP contribution is 2.20. The number of carbonyl (C=O) groups excluding carboxylic acids is 1. The highest BCUT2D eigenvalue weighted by Gasteiger charge is 2.20. The van der Waals surface area contributed by atoms with Crippen molar-refractivity contribution in [3.8, 4) is 0 Å². The Hall–Kier alpha value is -1.46. The van der Waals surface area contributed by atoms with E-state index in [1.165, 1.54) is 5.56 Å². The van der Waals surface area contributed by atoms with Gasteiger partial charge in [-0.1, -0.05) is 0 Å². The van der Waals surface area contributed by atoms with Crippen molar-refractivity contribution in [3.63, 3.8) is 0 Å². The molecule has 1 aromatic rings. The maximum absolute atomic E-state index is 12.2. The number of hydrogen-bond acceptors (Lipinski definition) is 4. The zero-order chi connectivity index (χ0) is 13.8. The SMILES string of the molecule is CN(C)CCNC(=O)c1cncc2c1CCN(C)C2. The van der Waals surface area contributed by atoms with E-state index in [-0.39, 0.29) is 5.91 Å². The average Bonchev–Trinajstić information content (AvgIpc) is 2.37. The third-order valence-corrected chi connectivity index (χ3v) is 3.42. The third-order valence-electron chi connectivity index (χ3n) is 3.42. The summed E-state index contributed by atoms with van der Waals surface area (Å²) in [6.07, 6.45) is 4.49. The first-order valence-electron chi connectivity index (χ1n) is 6.65. The number of amides is 1. The number of nitrogens with zero attached hydrogens (tertiary/aromatic N) is 3. The van der Waals surface area contributed by atoms with Gasteiger partial charge in [-0.25, -0.2) is 0 Å². The van der Waals surface area contributed by atoms with Crippen LogP contribution >= 0.6 is 0 Å². The lowest BCUT2D eigenvalue weighted by atomic mass is 9.97. The molecule has 0 aliphatic carbocycles. The summed E-state index contributed by atoms with van der Waals surface area (Å²) in [6, 6.07) is 0. The van der Waals surface area contributed by atoms with Gasteiger partial charge in [-0.2, -0.15) is 0 Å². The van der Waals surface area contributed by atoms with Crippen LogP contribution in [0.2, 0.25) is 0 Å². The molecule has 19 heavy (non-hydrogen) atoms. The van der Waals surface area contributed by atoms with E-state index in [1.54, 1.807) is 6.20 Å². The zero-order valence-corrected chi connectivity index (χ0v) is 11.9. The first-order chi connectivity index (χ1) is 9.08. The van der Waals surface area contributed by atoms with Crippen LogP contribution in [0.3, 0.4) is 0 Å². The van der Waals surface area contributed by atoms with E-state index in [2.05, 4.69) is 22.2 Å². The van der Waals surface area contributed by atoms with Crippen molar-refractivity contribution in [1.29, 1.82) is 0 Å². The highest BCUT2D eigenvalue weighted by atomic mass is 16.1. The van der Waals surface area contributed by atoms with E-state index in [1.807, 2.05) is 25.2 Å². The van der Waals surface area contributed by atoms with Crippen LogP contribution in [-0.4, -0.2) is 61.5 Å². The van der Waals surface area contributed by atoms with Gasteiger partial charge in [0.05, 0.1) is 5.56 Å². The van der Waals surface area contributed by atoms with E-state index in [4.69, 9.17) is 0 Å². The molecule has 0 unspecified atom stereocenters. The van der Waals surface area contributed by atoms with Gasteiger partial charge in [0.2, 0.25) is 0 Å². The number of hydrogen-bond donors (Lipinski definition) is 1. The van der Waals surface area contributed by atoms with Crippen LogP contribution in [-0.2, 0) is 13.0 Å². The number of rotatable bonds is 4. The van der Waals surface area contributed by atoms with E-state index in [0.29, 0.717) is 6.54 Å². The fraction of sp³-hybridized carbons (Fsp3) is 0.571. The molecule has 2 heterocycles. The lowest BCUT2D eigenvalue weighted by Gasteiger charge is -2.26. The van der Waals surface area contributed by atoms with Gasteiger partial charge in [-0.05, 0) is 38.7 Å². The minimum atomic E-state index is -0.00393. The van der Waals surface area contributed by atoms with Crippen LogP contribution in [0.5, 0.6) is 0 Å². The normalized spacial score (nSPS) is 15.4. The largest absolute Gasteiger partial charge is 0.351 e. The monoisotopic (exact) mass is 262 g/mol. The Morgan fingerprint density at radius 1 is 1.47 bits per heavy atom. The fourth-order valence-corrected chi connectivity index (χ4v) is 2.32. The Morgan fingerprint density at radius 2 is 2.26 bits per heavy atom. The average molecular weight is 262 g/mol. The molecule has 0 aromatic carbocycles. The molecular weight excluding hydrogens is 240 g/mol. The minimum Gasteiger partial charge on any atom is -0.351 e. The summed E-state index contributed by atoms with van der Waals surface area (Å²) in [5.41, 5.74) is 3.08. The van der Waals surface area contributed by atoms with E-state index < -0.39 is 0 Å². The molecule has 0 spiro atoms. The maximum atomic E-state index is 12.2. The molecule has 104 valence electrons. The molecule has 0 saturated heterocycles. The summed E-state index contributed by atoms with van der Waals surface area (Å²) in [4.78, 5) is 20.7. The summed E-state index contributed by atoms with van der Waals surface area (Å²) in [6.45, 7) is 3.38. The highest BCUT2D eigenvalue weighted by molar-refractivity contribution is 5.95. The van der Waals surface area contributed by atoms with Gasteiger partial charge < -0.3 is 15.1 Å². The second-order valence-corrected chi connectivity index (χ2v) is 5.37. The van der Waals surface area contributed by atoms with Gasteiger partial charge in [0.25, 0.3) is 5.91 Å². The number of carbonyl (C=O) groups is 1. The Bertz CT molecular complexity index is 459. The molecule has 1 amide bonds. The van der Waals surface area contributed by atoms with Crippen LogP contribution in [0, 0.1) is 0 Å². The van der Waals surface area contributed by atoms with E-state index >= 15 is 0 Å². The summed E-state index contributed by atoms with van der Waals surface area (Å²) in [5.74, 6) is -0.00393. The van der Waals surface area contributed by atoms with Crippen molar-refractivity contribution in [2.24, 2.45) is 0 Å². The third kappa shape index (κ3) is 3.52. The molecule has 1 aliphatic heterocycles. The Morgan fingerprint density at radius 3 is 3.00 bits per heavy atom. The molecule has 1 aliphatic rings. The number of fused-ring (bicyclic) bond motifs is 1. The molecule has 0 radical (unpaired) electrons. The van der Waals surface area contributed by atoms with Crippen LogP contribution < -0.4 is 5.32 Å². The van der Waals surface area contributed by atoms with Crippen molar-refractivity contribution in [2.75, 3.05) is 40.8 Å². The van der Waals surface area contributed by atoms with Crippen molar-refractivity contribution in [2.45, 2.75) is 13.0 Å². The summed E-state index contributed by atoms with van der Waals surface area (Å²) in [5, 5.41) is 2.96. The van der Waals surface area contributed by atoms with Crippen molar-refractivity contribution in [3.05, 3.63) is 29.1 Å². The van der Waals surface area contributed by atoms with Gasteiger partial charge >= 0.3 is 0 Å². The molecule has 0 atom stereocenters. The molecule has 0 fully saturated rings. The van der Waals surface area contributed by atoms with Crippen LogP contribution in [0.15, 0.2) is 12.4 Å². The molecular formula is C14H22N4O. The lowest BCUT2D eigenvalue weighted by Crippen LogP contribution is -2.34. The molecule has 0 bridgehead atoms. The van der Waals surface area contributed by atoms with E-state index in [9.17, 15) is 4.79 Å². The van der Waals surface area contributed by atoms with Crippen molar-refractivity contribution < 1.29 is 4.79 Å². The molecule has 0 saturated carbocycles. The minimum absolute atomic E-state index is 0.00393. The van der Waals surface area contributed by atoms with Gasteiger partial charge in [0, 0.05) is 38.6 Å². The van der Waals surface area contributed by atoms with E-state index in [0.717, 1.165) is 37.2 Å². The molecule has 1 N–H and O–H groups in total. The summed E-state index contributed by atoms with van der Waals surface area (Å²) >= 11 is 0. The molecule has 1 aromatic heterocycles. The van der Waals surface area contributed by atoms with Crippen molar-refractivity contribution >= 4 is 5.91 Å². The van der Waals surface area contributed by atoms with Crippen LogP contribution in [0.1, 0.15) is 21.5 Å². The maximum Gasteiger partial charge on any atom is 0.253 e. The quantitative estimate of drug-likeness (QED) is 0.851. The fourth-order valence-electron chi connectivity index (χ4n) is 2.32. The smallest absolute Gasteiger partial charge is 0.253 e. The van der Waals surface area contributed by atoms with Crippen LogP contribution in [0.4, 0.5) is 0 Å². The predicted molar refractivity (Wildman–Crippen MR) is 75.2 cm³/mol. The number of likely N-dealkylation sites (N-methyl/N-ethyl adjacent to an activating group) is 2. The van der Waals surface area contributed by atoms with Crippen molar-refractivity contribution in [1.82, 2.24) is 20.1 Å². The first kappa shape index (κ1) is 14.0. The van der Waals surface area contributed by atoms with Gasteiger partial charge in [0.15, 0.2) is 0 Å². The standard InChI is InChI=1S/C14H22N4O/c1-17(2)7-5-16-14(19)13-9-15-8-11-10-18(3)6-4-12(11)13/h8-9H,4-7,10H2,1-3H3,(H,16,19). The summed E-state index contributed by atoms with van der Waals surface area (Å²) in [7, 11) is 6.08. The second kappa shape index (κ2) is 6.12. The number of pyridine rings is 1. The van der Waals surface area contributed by atoms with Gasteiger partial charge in [-0.15, -0.1) is 0 Å². The Balaban J connectivity index is 2.08. The molecule has 2 rings (SSSR count). The second-order valence-electron chi connectivity index (χ2n) is 5.37. The number of aromatic nitrogens is 1. The van der Waals surface area contributed by atoms with Crippen LogP contribution in [0.25, 0.3) is 0 Å². The number of nitrogens with one attached hydrogen (secondary N) is 1. The Labute approximate surface area is 114 Å². The molecule has 5 heteroatoms. The van der Waals surface area contributed by atoms with Gasteiger partial charge in [0.1, 0.15) is 0 Å².